The van der Waals surface area contributed by atoms with E-state index >= 15 is 0 Å². The van der Waals surface area contributed by atoms with Crippen LogP contribution in [0.25, 0.3) is 21.0 Å². The van der Waals surface area contributed by atoms with Gasteiger partial charge in [-0.25, -0.2) is 0 Å². The average molecular weight is 336 g/mol. The summed E-state index contributed by atoms with van der Waals surface area (Å²) in [5, 5.41) is 13.4. The number of thiocarbonyl (C=S) groups is 1. The van der Waals surface area contributed by atoms with E-state index in [4.69, 9.17) is 12.2 Å². The standard InChI is InChI=1S/C17H12N4S2/c22-17(19-14-7-8-16-15(10-14)20-21-23-16)18-13-6-5-11-3-1-2-4-12(11)9-13/h1-10H,(H2,18,19,22). The Kier molecular flexibility index (Phi) is 3.61. The zero-order valence-corrected chi connectivity index (χ0v) is 13.6. The molecule has 4 nitrogen and oxygen atoms in total. The Morgan fingerprint density at radius 1 is 0.870 bits per heavy atom. The molecule has 1 heterocycles. The van der Waals surface area contributed by atoms with Crippen LogP contribution in [-0.4, -0.2) is 14.7 Å². The molecular weight excluding hydrogens is 324 g/mol. The van der Waals surface area contributed by atoms with E-state index in [9.17, 15) is 0 Å². The lowest BCUT2D eigenvalue weighted by molar-refractivity contribution is 1.20. The van der Waals surface area contributed by atoms with Gasteiger partial charge in [0.15, 0.2) is 5.11 Å². The summed E-state index contributed by atoms with van der Waals surface area (Å²) in [6, 6.07) is 20.3. The second-order valence-electron chi connectivity index (χ2n) is 5.10. The molecule has 1 aromatic heterocycles. The Morgan fingerprint density at radius 3 is 2.48 bits per heavy atom. The van der Waals surface area contributed by atoms with Gasteiger partial charge < -0.3 is 10.6 Å². The highest BCUT2D eigenvalue weighted by molar-refractivity contribution is 7.80. The average Bonchev–Trinajstić information content (AvgIpc) is 3.02. The van der Waals surface area contributed by atoms with Crippen molar-refractivity contribution in [1.29, 1.82) is 0 Å². The van der Waals surface area contributed by atoms with E-state index in [-0.39, 0.29) is 0 Å². The molecule has 0 aliphatic carbocycles. The fourth-order valence-corrected chi connectivity index (χ4v) is 3.19. The molecule has 0 aliphatic heterocycles. The van der Waals surface area contributed by atoms with Gasteiger partial charge in [0.2, 0.25) is 0 Å². The van der Waals surface area contributed by atoms with Crippen LogP contribution in [0.2, 0.25) is 0 Å². The van der Waals surface area contributed by atoms with Crippen LogP contribution in [0.3, 0.4) is 0 Å². The maximum Gasteiger partial charge on any atom is 0.175 e. The molecule has 0 spiro atoms. The van der Waals surface area contributed by atoms with Gasteiger partial charge in [-0.05, 0) is 64.9 Å². The van der Waals surface area contributed by atoms with E-state index in [0.717, 1.165) is 21.6 Å². The van der Waals surface area contributed by atoms with Gasteiger partial charge in [0.05, 0.1) is 4.70 Å². The molecule has 0 radical (unpaired) electrons. The topological polar surface area (TPSA) is 49.8 Å². The van der Waals surface area contributed by atoms with E-state index in [1.165, 1.54) is 22.3 Å². The highest BCUT2D eigenvalue weighted by atomic mass is 32.1. The second kappa shape index (κ2) is 5.91. The molecule has 6 heteroatoms. The molecule has 23 heavy (non-hydrogen) atoms. The monoisotopic (exact) mass is 336 g/mol. The van der Waals surface area contributed by atoms with Gasteiger partial charge in [-0.1, -0.05) is 34.8 Å². The first-order chi connectivity index (χ1) is 11.3. The number of hydrogen-bond acceptors (Lipinski definition) is 4. The predicted molar refractivity (Wildman–Crippen MR) is 101 cm³/mol. The van der Waals surface area contributed by atoms with Crippen molar-refractivity contribution in [3.63, 3.8) is 0 Å². The third-order valence-electron chi connectivity index (χ3n) is 3.51. The van der Waals surface area contributed by atoms with Crippen LogP contribution in [0, 0.1) is 0 Å². The van der Waals surface area contributed by atoms with Gasteiger partial charge in [-0.15, -0.1) is 5.10 Å². The van der Waals surface area contributed by atoms with Gasteiger partial charge in [0.1, 0.15) is 5.52 Å². The summed E-state index contributed by atoms with van der Waals surface area (Å²) in [6.45, 7) is 0. The summed E-state index contributed by atoms with van der Waals surface area (Å²) >= 11 is 6.77. The minimum atomic E-state index is 0.544. The smallest absolute Gasteiger partial charge is 0.175 e. The van der Waals surface area contributed by atoms with E-state index in [0.29, 0.717) is 5.11 Å². The summed E-state index contributed by atoms with van der Waals surface area (Å²) in [5.74, 6) is 0. The normalized spacial score (nSPS) is 10.8. The first kappa shape index (κ1) is 14.0. The van der Waals surface area contributed by atoms with E-state index in [1.54, 1.807) is 0 Å². The zero-order valence-electron chi connectivity index (χ0n) is 12.0. The van der Waals surface area contributed by atoms with Gasteiger partial charge in [-0.3, -0.25) is 0 Å². The fourth-order valence-electron chi connectivity index (χ4n) is 2.42. The maximum atomic E-state index is 5.39. The van der Waals surface area contributed by atoms with Crippen molar-refractivity contribution in [3.8, 4) is 0 Å². The molecule has 3 aromatic carbocycles. The van der Waals surface area contributed by atoms with Crippen molar-refractivity contribution in [1.82, 2.24) is 9.59 Å². The van der Waals surface area contributed by atoms with Crippen molar-refractivity contribution < 1.29 is 0 Å². The summed E-state index contributed by atoms with van der Waals surface area (Å²) < 4.78 is 4.99. The second-order valence-corrected chi connectivity index (χ2v) is 6.29. The minimum absolute atomic E-state index is 0.544. The number of benzene rings is 3. The van der Waals surface area contributed by atoms with E-state index in [1.807, 2.05) is 36.4 Å². The van der Waals surface area contributed by atoms with Crippen molar-refractivity contribution in [2.75, 3.05) is 10.6 Å². The third kappa shape index (κ3) is 2.99. The molecule has 0 bridgehead atoms. The largest absolute Gasteiger partial charge is 0.332 e. The Morgan fingerprint density at radius 2 is 1.61 bits per heavy atom. The number of rotatable bonds is 2. The quantitative estimate of drug-likeness (QED) is 0.522. The molecule has 112 valence electrons. The van der Waals surface area contributed by atoms with E-state index < -0.39 is 0 Å². The molecule has 0 aliphatic rings. The third-order valence-corrected chi connectivity index (χ3v) is 4.42. The number of fused-ring (bicyclic) bond motifs is 2. The highest BCUT2D eigenvalue weighted by Gasteiger charge is 2.03. The van der Waals surface area contributed by atoms with Crippen LogP contribution >= 0.6 is 23.8 Å². The van der Waals surface area contributed by atoms with Crippen LogP contribution in [0.5, 0.6) is 0 Å². The van der Waals surface area contributed by atoms with Crippen LogP contribution in [0.4, 0.5) is 11.4 Å². The molecule has 0 fully saturated rings. The molecule has 0 unspecified atom stereocenters. The predicted octanol–water partition coefficient (Wildman–Crippen LogP) is 4.65. The first-order valence-corrected chi connectivity index (χ1v) is 8.25. The molecular formula is C17H12N4S2. The van der Waals surface area contributed by atoms with Gasteiger partial charge in [0, 0.05) is 11.4 Å². The highest BCUT2D eigenvalue weighted by Crippen LogP contribution is 2.21. The van der Waals surface area contributed by atoms with Crippen LogP contribution < -0.4 is 10.6 Å². The minimum Gasteiger partial charge on any atom is -0.332 e. The van der Waals surface area contributed by atoms with Crippen LogP contribution in [-0.2, 0) is 0 Å². The molecule has 2 N–H and O–H groups in total. The number of nitrogens with one attached hydrogen (secondary N) is 2. The lowest BCUT2D eigenvalue weighted by atomic mass is 10.1. The Hall–Kier alpha value is -2.57. The maximum absolute atomic E-state index is 5.39. The van der Waals surface area contributed by atoms with Crippen molar-refractivity contribution in [2.24, 2.45) is 0 Å². The zero-order chi connectivity index (χ0) is 15.6. The van der Waals surface area contributed by atoms with Crippen molar-refractivity contribution in [3.05, 3.63) is 60.7 Å². The first-order valence-electron chi connectivity index (χ1n) is 7.07. The Balaban J connectivity index is 1.51. The molecule has 0 atom stereocenters. The number of nitrogens with zero attached hydrogens (tertiary/aromatic N) is 2. The fraction of sp³-hybridized carbons (Fsp3) is 0. The summed E-state index contributed by atoms with van der Waals surface area (Å²) in [6.07, 6.45) is 0. The number of hydrogen-bond donors (Lipinski definition) is 2. The summed E-state index contributed by atoms with van der Waals surface area (Å²) in [4.78, 5) is 0. The number of anilines is 2. The lowest BCUT2D eigenvalue weighted by Gasteiger charge is -2.11. The van der Waals surface area contributed by atoms with Gasteiger partial charge in [0.25, 0.3) is 0 Å². The van der Waals surface area contributed by atoms with Gasteiger partial charge >= 0.3 is 0 Å². The molecule has 0 saturated carbocycles. The van der Waals surface area contributed by atoms with Crippen molar-refractivity contribution in [2.45, 2.75) is 0 Å². The molecule has 0 amide bonds. The lowest BCUT2D eigenvalue weighted by Crippen LogP contribution is -2.18. The van der Waals surface area contributed by atoms with Gasteiger partial charge in [-0.2, -0.15) is 0 Å². The SMILES string of the molecule is S=C(Nc1ccc2ccccc2c1)Nc1ccc2snnc2c1. The van der Waals surface area contributed by atoms with E-state index in [2.05, 4.69) is 44.5 Å². The van der Waals surface area contributed by atoms with Crippen LogP contribution in [0.15, 0.2) is 60.7 Å². The summed E-state index contributed by atoms with van der Waals surface area (Å²) in [5.41, 5.74) is 2.72. The molecule has 4 aromatic rings. The van der Waals surface area contributed by atoms with Crippen molar-refractivity contribution >= 4 is 61.2 Å². The number of aromatic nitrogens is 2. The Bertz CT molecular complexity index is 1010. The Labute approximate surface area is 142 Å². The summed E-state index contributed by atoms with van der Waals surface area (Å²) in [7, 11) is 0. The van der Waals surface area contributed by atoms with Crippen LogP contribution in [0.1, 0.15) is 0 Å². The molecule has 0 saturated heterocycles. The molecule has 4 rings (SSSR count).